The molecule has 0 aromatic carbocycles. The Morgan fingerprint density at radius 2 is 2.33 bits per heavy atom. The Hall–Kier alpha value is -1.18. The molecule has 8 heteroatoms. The van der Waals surface area contributed by atoms with Crippen LogP contribution in [0.5, 0.6) is 0 Å². The van der Waals surface area contributed by atoms with E-state index < -0.39 is 0 Å². The molecule has 0 saturated carbocycles. The van der Waals surface area contributed by atoms with Gasteiger partial charge >= 0.3 is 5.97 Å². The average Bonchev–Trinajstić information content (AvgIpc) is 2.87. The maximum Gasteiger partial charge on any atom is 0.311 e. The number of aromatic nitrogens is 1. The molecule has 0 bridgehead atoms. The number of thiazole rings is 1. The van der Waals surface area contributed by atoms with Gasteiger partial charge < -0.3 is 15.4 Å². The lowest BCUT2D eigenvalue weighted by molar-refractivity contribution is -0.142. The molecule has 2 N–H and O–H groups in total. The van der Waals surface area contributed by atoms with Gasteiger partial charge in [0.1, 0.15) is 0 Å². The van der Waals surface area contributed by atoms with E-state index >= 15 is 0 Å². The van der Waals surface area contributed by atoms with Crippen LogP contribution in [0.2, 0.25) is 0 Å². The molecule has 118 valence electrons. The summed E-state index contributed by atoms with van der Waals surface area (Å²) in [6.07, 6.45) is 3.18. The van der Waals surface area contributed by atoms with Crippen LogP contribution in [0, 0.1) is 0 Å². The second-order valence-electron chi connectivity index (χ2n) is 4.62. The van der Waals surface area contributed by atoms with Crippen LogP contribution in [0.3, 0.4) is 0 Å². The summed E-state index contributed by atoms with van der Waals surface area (Å²) in [7, 11) is 0. The maximum absolute atomic E-state index is 12.0. The minimum absolute atomic E-state index is 0. The first-order valence-corrected chi connectivity index (χ1v) is 7.71. The molecule has 1 amide bonds. The van der Waals surface area contributed by atoms with Crippen molar-refractivity contribution in [1.82, 2.24) is 10.3 Å². The Bertz CT molecular complexity index is 475. The second kappa shape index (κ2) is 8.96. The SMILES string of the molecule is CCOC(=O)Cc1csc(NC(=O)C2CCCCN2)n1.Cl. The van der Waals surface area contributed by atoms with Crippen LogP contribution >= 0.6 is 23.7 Å². The van der Waals surface area contributed by atoms with Gasteiger partial charge in [-0.2, -0.15) is 0 Å². The first-order chi connectivity index (χ1) is 9.69. The van der Waals surface area contributed by atoms with Gasteiger partial charge in [0.2, 0.25) is 5.91 Å². The number of carbonyl (C=O) groups is 2. The van der Waals surface area contributed by atoms with E-state index in [1.54, 1.807) is 12.3 Å². The van der Waals surface area contributed by atoms with Crippen molar-refractivity contribution in [2.45, 2.75) is 38.6 Å². The molecule has 2 rings (SSSR count). The number of halogens is 1. The van der Waals surface area contributed by atoms with Crippen LogP contribution in [0.25, 0.3) is 0 Å². The van der Waals surface area contributed by atoms with Crippen molar-refractivity contribution in [2.75, 3.05) is 18.5 Å². The third kappa shape index (κ3) is 5.61. The summed E-state index contributed by atoms with van der Waals surface area (Å²) in [6.45, 7) is 3.01. The fraction of sp³-hybridized carbons (Fsp3) is 0.615. The number of piperidine rings is 1. The van der Waals surface area contributed by atoms with E-state index in [2.05, 4.69) is 15.6 Å². The quantitative estimate of drug-likeness (QED) is 0.802. The van der Waals surface area contributed by atoms with E-state index in [0.717, 1.165) is 25.8 Å². The highest BCUT2D eigenvalue weighted by Gasteiger charge is 2.21. The molecule has 1 aromatic heterocycles. The summed E-state index contributed by atoms with van der Waals surface area (Å²) in [5, 5.41) is 8.27. The Balaban J connectivity index is 0.00000220. The van der Waals surface area contributed by atoms with Crippen LogP contribution in [-0.4, -0.2) is 36.1 Å². The van der Waals surface area contributed by atoms with Crippen molar-refractivity contribution in [3.8, 4) is 0 Å². The first-order valence-electron chi connectivity index (χ1n) is 6.83. The minimum Gasteiger partial charge on any atom is -0.466 e. The maximum atomic E-state index is 12.0. The molecule has 1 unspecified atom stereocenters. The van der Waals surface area contributed by atoms with Gasteiger partial charge in [0.25, 0.3) is 0 Å². The largest absolute Gasteiger partial charge is 0.466 e. The zero-order valence-electron chi connectivity index (χ0n) is 11.9. The molecular formula is C13H20ClN3O3S. The molecule has 1 saturated heterocycles. The fourth-order valence-electron chi connectivity index (χ4n) is 2.07. The smallest absolute Gasteiger partial charge is 0.311 e. The summed E-state index contributed by atoms with van der Waals surface area (Å²) < 4.78 is 4.86. The zero-order valence-corrected chi connectivity index (χ0v) is 13.5. The van der Waals surface area contributed by atoms with E-state index in [9.17, 15) is 9.59 Å². The van der Waals surface area contributed by atoms with E-state index in [4.69, 9.17) is 4.74 Å². The summed E-state index contributed by atoms with van der Waals surface area (Å²) in [4.78, 5) is 27.6. The highest BCUT2D eigenvalue weighted by molar-refractivity contribution is 7.13. The van der Waals surface area contributed by atoms with Crippen molar-refractivity contribution in [3.05, 3.63) is 11.1 Å². The lowest BCUT2D eigenvalue weighted by Crippen LogP contribution is -2.43. The van der Waals surface area contributed by atoms with Gasteiger partial charge in [0, 0.05) is 5.38 Å². The summed E-state index contributed by atoms with van der Waals surface area (Å²) in [5.74, 6) is -0.355. The number of carbonyl (C=O) groups excluding carboxylic acids is 2. The van der Waals surface area contributed by atoms with Crippen molar-refractivity contribution >= 4 is 40.8 Å². The third-order valence-electron chi connectivity index (χ3n) is 3.04. The minimum atomic E-state index is -0.301. The van der Waals surface area contributed by atoms with Crippen LogP contribution < -0.4 is 10.6 Å². The number of hydrogen-bond acceptors (Lipinski definition) is 6. The first kappa shape index (κ1) is 17.9. The summed E-state index contributed by atoms with van der Waals surface area (Å²) >= 11 is 1.32. The molecule has 1 atom stereocenters. The zero-order chi connectivity index (χ0) is 14.4. The predicted octanol–water partition coefficient (Wildman–Crippen LogP) is 1.75. The predicted molar refractivity (Wildman–Crippen MR) is 84.0 cm³/mol. The van der Waals surface area contributed by atoms with Crippen molar-refractivity contribution in [1.29, 1.82) is 0 Å². The van der Waals surface area contributed by atoms with Gasteiger partial charge in [-0.3, -0.25) is 9.59 Å². The molecule has 1 aromatic rings. The number of anilines is 1. The van der Waals surface area contributed by atoms with Gasteiger partial charge in [-0.15, -0.1) is 23.7 Å². The van der Waals surface area contributed by atoms with Crippen LogP contribution in [0.4, 0.5) is 5.13 Å². The monoisotopic (exact) mass is 333 g/mol. The second-order valence-corrected chi connectivity index (χ2v) is 5.48. The number of ether oxygens (including phenoxy) is 1. The molecule has 0 aliphatic carbocycles. The molecule has 1 aliphatic heterocycles. The number of hydrogen-bond donors (Lipinski definition) is 2. The summed E-state index contributed by atoms with van der Waals surface area (Å²) in [6, 6.07) is -0.138. The van der Waals surface area contributed by atoms with E-state index in [0.29, 0.717) is 17.4 Å². The van der Waals surface area contributed by atoms with Crippen LogP contribution in [-0.2, 0) is 20.7 Å². The van der Waals surface area contributed by atoms with Gasteiger partial charge in [0.05, 0.1) is 24.8 Å². The Labute approximate surface area is 134 Å². The number of nitrogens with one attached hydrogen (secondary N) is 2. The molecular weight excluding hydrogens is 314 g/mol. The molecule has 0 radical (unpaired) electrons. The van der Waals surface area contributed by atoms with Crippen LogP contribution in [0.1, 0.15) is 31.9 Å². The number of amides is 1. The standard InChI is InChI=1S/C13H19N3O3S.ClH/c1-2-19-11(17)7-9-8-20-13(15-9)16-12(18)10-5-3-4-6-14-10;/h8,10,14H,2-7H2,1H3,(H,15,16,18);1H. The number of esters is 1. The Morgan fingerprint density at radius 1 is 1.52 bits per heavy atom. The number of nitrogens with zero attached hydrogens (tertiary/aromatic N) is 1. The Morgan fingerprint density at radius 3 is 3.00 bits per heavy atom. The molecule has 21 heavy (non-hydrogen) atoms. The third-order valence-corrected chi connectivity index (χ3v) is 3.85. The van der Waals surface area contributed by atoms with Gasteiger partial charge in [-0.1, -0.05) is 6.42 Å². The van der Waals surface area contributed by atoms with Gasteiger partial charge in [-0.05, 0) is 26.3 Å². The van der Waals surface area contributed by atoms with E-state index in [1.165, 1.54) is 11.3 Å². The van der Waals surface area contributed by atoms with Gasteiger partial charge in [-0.25, -0.2) is 4.98 Å². The van der Waals surface area contributed by atoms with E-state index in [1.807, 2.05) is 0 Å². The molecule has 1 fully saturated rings. The topological polar surface area (TPSA) is 80.3 Å². The highest BCUT2D eigenvalue weighted by atomic mass is 35.5. The molecule has 0 spiro atoms. The molecule has 6 nitrogen and oxygen atoms in total. The lowest BCUT2D eigenvalue weighted by atomic mass is 10.0. The van der Waals surface area contributed by atoms with Crippen molar-refractivity contribution in [2.24, 2.45) is 0 Å². The van der Waals surface area contributed by atoms with Crippen LogP contribution in [0.15, 0.2) is 5.38 Å². The van der Waals surface area contributed by atoms with Crippen molar-refractivity contribution < 1.29 is 14.3 Å². The van der Waals surface area contributed by atoms with E-state index in [-0.39, 0.29) is 36.7 Å². The van der Waals surface area contributed by atoms with Gasteiger partial charge in [0.15, 0.2) is 5.13 Å². The fourth-order valence-corrected chi connectivity index (χ4v) is 2.79. The average molecular weight is 334 g/mol. The normalized spacial score (nSPS) is 17.7. The lowest BCUT2D eigenvalue weighted by Gasteiger charge is -2.21. The number of rotatable bonds is 5. The van der Waals surface area contributed by atoms with Crippen molar-refractivity contribution in [3.63, 3.8) is 0 Å². The summed E-state index contributed by atoms with van der Waals surface area (Å²) in [5.41, 5.74) is 0.625. The highest BCUT2D eigenvalue weighted by Crippen LogP contribution is 2.17. The molecule has 2 heterocycles. The Kier molecular flexibility index (Phi) is 7.63. The molecule has 1 aliphatic rings.